The molecule has 0 aliphatic carbocycles. The molecule has 1 unspecified atom stereocenters. The zero-order chi connectivity index (χ0) is 16.1. The number of anilines is 1. The van der Waals surface area contributed by atoms with Gasteiger partial charge in [0, 0.05) is 6.04 Å². The molecule has 1 heterocycles. The van der Waals surface area contributed by atoms with Gasteiger partial charge < -0.3 is 15.8 Å². The Morgan fingerprint density at radius 1 is 1.43 bits per heavy atom. The van der Waals surface area contributed by atoms with Gasteiger partial charge in [0.25, 0.3) is 0 Å². The van der Waals surface area contributed by atoms with Crippen molar-refractivity contribution < 1.29 is 9.53 Å². The Labute approximate surface area is 145 Å². The van der Waals surface area contributed by atoms with E-state index >= 15 is 0 Å². The molecule has 1 saturated heterocycles. The van der Waals surface area contributed by atoms with Gasteiger partial charge in [-0.05, 0) is 63.4 Å². The van der Waals surface area contributed by atoms with Gasteiger partial charge in [0.1, 0.15) is 5.75 Å². The Bertz CT molecular complexity index is 515. The summed E-state index contributed by atoms with van der Waals surface area (Å²) in [5.74, 6) is 1.27. The summed E-state index contributed by atoms with van der Waals surface area (Å²) < 4.78 is 5.29. The summed E-state index contributed by atoms with van der Waals surface area (Å²) in [7, 11) is 1.61. The quantitative estimate of drug-likeness (QED) is 0.863. The van der Waals surface area contributed by atoms with Crippen LogP contribution in [-0.2, 0) is 4.79 Å². The molecule has 0 aromatic heterocycles. The van der Waals surface area contributed by atoms with Gasteiger partial charge in [-0.2, -0.15) is 0 Å². The largest absolute Gasteiger partial charge is 0.495 e. The van der Waals surface area contributed by atoms with E-state index in [9.17, 15) is 4.79 Å². The first-order valence-electron chi connectivity index (χ1n) is 7.92. The van der Waals surface area contributed by atoms with Gasteiger partial charge in [0.05, 0.1) is 19.3 Å². The number of piperidine rings is 1. The lowest BCUT2D eigenvalue weighted by atomic mass is 9.91. The molecule has 1 aliphatic rings. The van der Waals surface area contributed by atoms with Gasteiger partial charge in [-0.15, -0.1) is 12.4 Å². The molecule has 0 saturated carbocycles. The van der Waals surface area contributed by atoms with Crippen LogP contribution in [0.1, 0.15) is 25.3 Å². The summed E-state index contributed by atoms with van der Waals surface area (Å²) in [5.41, 5.74) is 7.78. The number of nitrogens with one attached hydrogen (secondary N) is 1. The molecule has 0 bridgehead atoms. The number of hydrogen-bond donors (Lipinski definition) is 2. The van der Waals surface area contributed by atoms with Crippen LogP contribution in [0.5, 0.6) is 5.75 Å². The first kappa shape index (κ1) is 19.7. The van der Waals surface area contributed by atoms with Crippen LogP contribution >= 0.6 is 12.4 Å². The number of halogens is 1. The van der Waals surface area contributed by atoms with Crippen LogP contribution in [0, 0.1) is 12.8 Å². The molecular formula is C17H28ClN3O2. The Balaban J connectivity index is 0.00000264. The minimum absolute atomic E-state index is 0. The van der Waals surface area contributed by atoms with E-state index in [1.54, 1.807) is 7.11 Å². The van der Waals surface area contributed by atoms with E-state index in [2.05, 4.69) is 17.1 Å². The maximum atomic E-state index is 12.2. The average molecular weight is 342 g/mol. The van der Waals surface area contributed by atoms with Crippen LogP contribution in [0.25, 0.3) is 0 Å². The maximum Gasteiger partial charge on any atom is 0.238 e. The molecule has 1 aliphatic heterocycles. The number of carbonyl (C=O) groups is 1. The highest BCUT2D eigenvalue weighted by atomic mass is 35.5. The summed E-state index contributed by atoms with van der Waals surface area (Å²) in [4.78, 5) is 14.4. The molecule has 23 heavy (non-hydrogen) atoms. The SMILES string of the molecule is COc1ccc(C)cc1NC(=O)CN1CCC(C(C)N)CC1.Cl. The molecule has 0 radical (unpaired) electrons. The third-order valence-corrected chi connectivity index (χ3v) is 4.37. The molecule has 1 aromatic rings. The molecule has 3 N–H and O–H groups in total. The fourth-order valence-corrected chi connectivity index (χ4v) is 2.95. The normalized spacial score (nSPS) is 17.2. The second-order valence-corrected chi connectivity index (χ2v) is 6.22. The lowest BCUT2D eigenvalue weighted by Crippen LogP contribution is -2.42. The minimum Gasteiger partial charge on any atom is -0.495 e. The number of methoxy groups -OCH3 is 1. The van der Waals surface area contributed by atoms with Crippen molar-refractivity contribution in [2.45, 2.75) is 32.7 Å². The van der Waals surface area contributed by atoms with Gasteiger partial charge in [0.15, 0.2) is 0 Å². The number of carbonyl (C=O) groups excluding carboxylic acids is 1. The van der Waals surface area contributed by atoms with Crippen molar-refractivity contribution in [3.05, 3.63) is 23.8 Å². The van der Waals surface area contributed by atoms with Crippen LogP contribution in [0.4, 0.5) is 5.69 Å². The van der Waals surface area contributed by atoms with Crippen molar-refractivity contribution in [1.29, 1.82) is 0 Å². The molecule has 2 rings (SSSR count). The molecule has 1 aromatic carbocycles. The summed E-state index contributed by atoms with van der Waals surface area (Å²) in [6.07, 6.45) is 2.14. The number of likely N-dealkylation sites (tertiary alicyclic amines) is 1. The van der Waals surface area contributed by atoms with Crippen LogP contribution in [0.15, 0.2) is 18.2 Å². The number of aryl methyl sites for hydroxylation is 1. The van der Waals surface area contributed by atoms with Crippen molar-refractivity contribution in [3.8, 4) is 5.75 Å². The Hall–Kier alpha value is -1.30. The maximum absolute atomic E-state index is 12.2. The molecule has 5 nitrogen and oxygen atoms in total. The van der Waals surface area contributed by atoms with Crippen molar-refractivity contribution in [3.63, 3.8) is 0 Å². The highest BCUT2D eigenvalue weighted by Gasteiger charge is 2.23. The van der Waals surface area contributed by atoms with E-state index in [1.165, 1.54) is 0 Å². The lowest BCUT2D eigenvalue weighted by molar-refractivity contribution is -0.117. The van der Waals surface area contributed by atoms with Crippen molar-refractivity contribution >= 4 is 24.0 Å². The summed E-state index contributed by atoms with van der Waals surface area (Å²) in [6.45, 7) is 6.35. The number of nitrogens with zero attached hydrogens (tertiary/aromatic N) is 1. The van der Waals surface area contributed by atoms with Crippen LogP contribution < -0.4 is 15.8 Å². The van der Waals surface area contributed by atoms with E-state index in [4.69, 9.17) is 10.5 Å². The minimum atomic E-state index is 0. The molecule has 0 spiro atoms. The van der Waals surface area contributed by atoms with Gasteiger partial charge in [0.2, 0.25) is 5.91 Å². The number of benzene rings is 1. The van der Waals surface area contributed by atoms with E-state index < -0.39 is 0 Å². The standard InChI is InChI=1S/C17H27N3O2.ClH/c1-12-4-5-16(22-3)15(10-12)19-17(21)11-20-8-6-14(7-9-20)13(2)18;/h4-5,10,13-14H,6-9,11,18H2,1-3H3,(H,19,21);1H. The van der Waals surface area contributed by atoms with Crippen LogP contribution in [0.2, 0.25) is 0 Å². The molecule has 6 heteroatoms. The first-order chi connectivity index (χ1) is 10.5. The molecule has 1 atom stereocenters. The predicted molar refractivity (Wildman–Crippen MR) is 96.4 cm³/mol. The highest BCUT2D eigenvalue weighted by Crippen LogP contribution is 2.25. The predicted octanol–water partition coefficient (Wildman–Crippen LogP) is 2.42. The second kappa shape index (κ2) is 9.11. The third kappa shape index (κ3) is 5.68. The molecule has 1 fully saturated rings. The topological polar surface area (TPSA) is 67.6 Å². The fraction of sp³-hybridized carbons (Fsp3) is 0.588. The monoisotopic (exact) mass is 341 g/mol. The Morgan fingerprint density at radius 3 is 2.65 bits per heavy atom. The summed E-state index contributed by atoms with van der Waals surface area (Å²) >= 11 is 0. The Kier molecular flexibility index (Phi) is 7.82. The first-order valence-corrected chi connectivity index (χ1v) is 7.92. The lowest BCUT2D eigenvalue weighted by Gasteiger charge is -2.33. The van der Waals surface area contributed by atoms with Crippen molar-refractivity contribution in [2.75, 3.05) is 32.1 Å². The average Bonchev–Trinajstić information content (AvgIpc) is 2.48. The van der Waals surface area contributed by atoms with E-state index in [0.717, 1.165) is 37.2 Å². The van der Waals surface area contributed by atoms with Crippen LogP contribution in [0.3, 0.4) is 0 Å². The summed E-state index contributed by atoms with van der Waals surface area (Å²) in [6, 6.07) is 6.01. The van der Waals surface area contributed by atoms with Crippen molar-refractivity contribution in [1.82, 2.24) is 4.90 Å². The highest BCUT2D eigenvalue weighted by molar-refractivity contribution is 5.93. The van der Waals surface area contributed by atoms with E-state index in [1.807, 2.05) is 25.1 Å². The molecule has 1 amide bonds. The van der Waals surface area contributed by atoms with Gasteiger partial charge >= 0.3 is 0 Å². The van der Waals surface area contributed by atoms with Gasteiger partial charge in [-0.1, -0.05) is 6.07 Å². The summed E-state index contributed by atoms with van der Waals surface area (Å²) in [5, 5.41) is 2.95. The van der Waals surface area contributed by atoms with E-state index in [0.29, 0.717) is 18.2 Å². The second-order valence-electron chi connectivity index (χ2n) is 6.22. The Morgan fingerprint density at radius 2 is 2.09 bits per heavy atom. The molecule has 130 valence electrons. The van der Waals surface area contributed by atoms with Crippen molar-refractivity contribution in [2.24, 2.45) is 11.7 Å². The zero-order valence-electron chi connectivity index (χ0n) is 14.2. The van der Waals surface area contributed by atoms with Gasteiger partial charge in [-0.3, -0.25) is 9.69 Å². The van der Waals surface area contributed by atoms with Crippen LogP contribution in [-0.4, -0.2) is 43.6 Å². The fourth-order valence-electron chi connectivity index (χ4n) is 2.95. The number of ether oxygens (including phenoxy) is 1. The van der Waals surface area contributed by atoms with Gasteiger partial charge in [-0.25, -0.2) is 0 Å². The third-order valence-electron chi connectivity index (χ3n) is 4.37. The number of nitrogens with two attached hydrogens (primary N) is 1. The smallest absolute Gasteiger partial charge is 0.238 e. The number of rotatable bonds is 5. The number of amides is 1. The number of hydrogen-bond acceptors (Lipinski definition) is 4. The van der Waals surface area contributed by atoms with E-state index in [-0.39, 0.29) is 24.4 Å². The zero-order valence-corrected chi connectivity index (χ0v) is 15.0. The molecular weight excluding hydrogens is 314 g/mol.